The van der Waals surface area contributed by atoms with Crippen molar-refractivity contribution < 1.29 is 14.3 Å². The van der Waals surface area contributed by atoms with Crippen LogP contribution in [0.4, 0.5) is 4.39 Å². The van der Waals surface area contributed by atoms with Gasteiger partial charge in [-0.2, -0.15) is 5.10 Å². The largest absolute Gasteiger partial charge is 0.480 e. The highest BCUT2D eigenvalue weighted by Gasteiger charge is 2.43. The molecule has 1 aromatic heterocycles. The number of hydrogen-bond donors (Lipinski definition) is 2. The van der Waals surface area contributed by atoms with Crippen LogP contribution >= 0.6 is 0 Å². The highest BCUT2D eigenvalue weighted by molar-refractivity contribution is 5.74. The van der Waals surface area contributed by atoms with Crippen LogP contribution in [0, 0.1) is 17.7 Å². The summed E-state index contributed by atoms with van der Waals surface area (Å²) in [6.45, 7) is 4.51. The number of nitrogens with zero attached hydrogens (tertiary/aromatic N) is 3. The average Bonchev–Trinajstić information content (AvgIpc) is 3.63. The summed E-state index contributed by atoms with van der Waals surface area (Å²) < 4.78 is 14.3. The Morgan fingerprint density at radius 2 is 1.68 bits per heavy atom. The van der Waals surface area contributed by atoms with Crippen molar-refractivity contribution >= 4 is 5.97 Å². The number of carbonyl (C=O) groups is 1. The second kappa shape index (κ2) is 12.7. The molecule has 0 bridgehead atoms. The number of likely N-dealkylation sites (tertiary alicyclic amines) is 2. The van der Waals surface area contributed by atoms with E-state index >= 15 is 0 Å². The fourth-order valence-electron chi connectivity index (χ4n) is 8.47. The average molecular weight is 551 g/mol. The molecule has 2 saturated heterocycles. The van der Waals surface area contributed by atoms with E-state index in [0.29, 0.717) is 24.3 Å². The van der Waals surface area contributed by atoms with Crippen LogP contribution in [-0.4, -0.2) is 69.8 Å². The first kappa shape index (κ1) is 27.9. The third-order valence-electron chi connectivity index (χ3n) is 10.6. The van der Waals surface area contributed by atoms with Gasteiger partial charge in [-0.1, -0.05) is 50.7 Å². The standard InChI is InChI=1S/C33H47FN4O2/c34-28-13-7-12-26(18-28)29-22-38(32(33(39)40)25-10-5-2-6-11-25)21-27(29)20-37-16-14-24(15-17-37)31-19-30(35-36-31)23-8-3-1-4-9-23/h7,12-13,18-19,23-25,27,29,32H,1-6,8-11,14-17,20-22H2,(H,35,36)(H,39,40)/t27-,29+,32+/m0/s1. The topological polar surface area (TPSA) is 72.5 Å². The molecule has 2 saturated carbocycles. The number of halogens is 1. The molecular weight excluding hydrogens is 503 g/mol. The second-order valence-corrected chi connectivity index (χ2v) is 13.2. The number of aliphatic carboxylic acids is 1. The Kier molecular flexibility index (Phi) is 8.88. The Morgan fingerprint density at radius 3 is 2.38 bits per heavy atom. The first-order valence-electron chi connectivity index (χ1n) is 16.0. The van der Waals surface area contributed by atoms with E-state index < -0.39 is 12.0 Å². The number of carboxylic acids is 1. The van der Waals surface area contributed by atoms with Gasteiger partial charge in [0.05, 0.1) is 5.69 Å². The van der Waals surface area contributed by atoms with E-state index in [1.54, 1.807) is 12.1 Å². The van der Waals surface area contributed by atoms with Crippen LogP contribution in [0.25, 0.3) is 0 Å². The van der Waals surface area contributed by atoms with Gasteiger partial charge in [-0.3, -0.25) is 14.8 Å². The molecule has 4 fully saturated rings. The normalized spacial score (nSPS) is 27.2. The van der Waals surface area contributed by atoms with Crippen molar-refractivity contribution in [1.29, 1.82) is 0 Å². The van der Waals surface area contributed by atoms with Gasteiger partial charge in [0.15, 0.2) is 0 Å². The molecule has 2 aliphatic carbocycles. The minimum Gasteiger partial charge on any atom is -0.480 e. The highest BCUT2D eigenvalue weighted by Crippen LogP contribution is 2.40. The van der Waals surface area contributed by atoms with Crippen molar-refractivity contribution in [2.45, 2.75) is 101 Å². The molecule has 0 spiro atoms. The predicted octanol–water partition coefficient (Wildman–Crippen LogP) is 6.53. The number of hydrogen-bond acceptors (Lipinski definition) is 4. The van der Waals surface area contributed by atoms with E-state index in [4.69, 9.17) is 5.10 Å². The van der Waals surface area contributed by atoms with Crippen LogP contribution in [0.15, 0.2) is 30.3 Å². The van der Waals surface area contributed by atoms with E-state index in [2.05, 4.69) is 21.0 Å². The van der Waals surface area contributed by atoms with Gasteiger partial charge in [0.1, 0.15) is 11.9 Å². The molecular formula is C33H47FN4O2. The monoisotopic (exact) mass is 550 g/mol. The van der Waals surface area contributed by atoms with Crippen LogP contribution in [0.3, 0.4) is 0 Å². The number of rotatable bonds is 8. The third kappa shape index (κ3) is 6.30. The molecule has 2 aliphatic heterocycles. The van der Waals surface area contributed by atoms with E-state index in [-0.39, 0.29) is 17.7 Å². The maximum absolute atomic E-state index is 14.3. The smallest absolute Gasteiger partial charge is 0.321 e. The zero-order valence-electron chi connectivity index (χ0n) is 23.9. The molecule has 2 N–H and O–H groups in total. The Bertz CT molecular complexity index is 1120. The van der Waals surface area contributed by atoms with E-state index in [1.165, 1.54) is 56.0 Å². The number of nitrogens with one attached hydrogen (secondary N) is 1. The molecule has 6 rings (SSSR count). The summed E-state index contributed by atoms with van der Waals surface area (Å²) >= 11 is 0. The summed E-state index contributed by atoms with van der Waals surface area (Å²) in [7, 11) is 0. The summed E-state index contributed by atoms with van der Waals surface area (Å²) in [5.74, 6) is 0.957. The Hall–Kier alpha value is -2.25. The first-order chi connectivity index (χ1) is 19.5. The second-order valence-electron chi connectivity index (χ2n) is 13.2. The molecule has 218 valence electrons. The molecule has 7 heteroatoms. The number of benzene rings is 1. The SMILES string of the molecule is O=C(O)[C@@H](C1CCCCC1)N1C[C@H](CN2CCC(c3cc(C4CCCCC4)n[nH]3)CC2)[C@@H](c2cccc(F)c2)C1. The van der Waals surface area contributed by atoms with Crippen molar-refractivity contribution in [2.75, 3.05) is 32.7 Å². The number of H-pyrrole nitrogens is 1. The number of carboxylic acid groups (broad SMARTS) is 1. The Morgan fingerprint density at radius 1 is 0.950 bits per heavy atom. The molecule has 3 heterocycles. The zero-order valence-corrected chi connectivity index (χ0v) is 23.9. The van der Waals surface area contributed by atoms with E-state index in [1.807, 2.05) is 6.07 Å². The van der Waals surface area contributed by atoms with Crippen molar-refractivity contribution in [3.63, 3.8) is 0 Å². The maximum atomic E-state index is 14.3. The first-order valence-corrected chi connectivity index (χ1v) is 16.0. The highest BCUT2D eigenvalue weighted by atomic mass is 19.1. The molecule has 6 nitrogen and oxygen atoms in total. The number of aromatic nitrogens is 2. The van der Waals surface area contributed by atoms with Gasteiger partial charge >= 0.3 is 5.97 Å². The number of aromatic amines is 1. The molecule has 3 atom stereocenters. The van der Waals surface area contributed by atoms with Crippen LogP contribution < -0.4 is 0 Å². The Balaban J connectivity index is 1.11. The van der Waals surface area contributed by atoms with Crippen LogP contribution in [-0.2, 0) is 4.79 Å². The van der Waals surface area contributed by atoms with Crippen LogP contribution in [0.5, 0.6) is 0 Å². The fourth-order valence-corrected chi connectivity index (χ4v) is 8.47. The Labute approximate surface area is 238 Å². The van der Waals surface area contributed by atoms with Crippen molar-refractivity contribution in [3.8, 4) is 0 Å². The lowest BCUT2D eigenvalue weighted by molar-refractivity contribution is -0.145. The quantitative estimate of drug-likeness (QED) is 0.391. The number of piperidine rings is 1. The van der Waals surface area contributed by atoms with Crippen molar-refractivity contribution in [3.05, 3.63) is 53.1 Å². The molecule has 0 unspecified atom stereocenters. The summed E-state index contributed by atoms with van der Waals surface area (Å²) in [6, 6.07) is 8.94. The molecule has 4 aliphatic rings. The van der Waals surface area contributed by atoms with Gasteiger partial charge in [-0.15, -0.1) is 0 Å². The minimum atomic E-state index is -0.682. The van der Waals surface area contributed by atoms with Crippen molar-refractivity contribution in [2.24, 2.45) is 11.8 Å². The molecule has 2 aromatic rings. The minimum absolute atomic E-state index is 0.157. The summed E-state index contributed by atoms with van der Waals surface area (Å²) in [5.41, 5.74) is 3.59. The van der Waals surface area contributed by atoms with Gasteiger partial charge in [-0.05, 0) is 87.2 Å². The molecule has 0 amide bonds. The molecule has 40 heavy (non-hydrogen) atoms. The fraction of sp³-hybridized carbons (Fsp3) is 0.697. The van der Waals surface area contributed by atoms with Gasteiger partial charge in [0.25, 0.3) is 0 Å². The summed E-state index contributed by atoms with van der Waals surface area (Å²) in [6.07, 6.45) is 14.3. The van der Waals surface area contributed by atoms with E-state index in [9.17, 15) is 14.3 Å². The maximum Gasteiger partial charge on any atom is 0.321 e. The molecule has 1 aromatic carbocycles. The third-order valence-corrected chi connectivity index (χ3v) is 10.6. The lowest BCUT2D eigenvalue weighted by Gasteiger charge is -2.35. The van der Waals surface area contributed by atoms with Gasteiger partial charge in [-0.25, -0.2) is 4.39 Å². The lowest BCUT2D eigenvalue weighted by Crippen LogP contribution is -2.46. The summed E-state index contributed by atoms with van der Waals surface area (Å²) in [4.78, 5) is 17.3. The van der Waals surface area contributed by atoms with Gasteiger partial charge < -0.3 is 10.0 Å². The predicted molar refractivity (Wildman–Crippen MR) is 155 cm³/mol. The van der Waals surface area contributed by atoms with Crippen LogP contribution in [0.2, 0.25) is 0 Å². The van der Waals surface area contributed by atoms with Gasteiger partial charge in [0, 0.05) is 43.1 Å². The van der Waals surface area contributed by atoms with Gasteiger partial charge in [0.2, 0.25) is 0 Å². The lowest BCUT2D eigenvalue weighted by atomic mass is 9.83. The van der Waals surface area contributed by atoms with Crippen LogP contribution in [0.1, 0.15) is 112 Å². The summed E-state index contributed by atoms with van der Waals surface area (Å²) in [5, 5.41) is 18.4. The molecule has 0 radical (unpaired) electrons. The van der Waals surface area contributed by atoms with Crippen molar-refractivity contribution in [1.82, 2.24) is 20.0 Å². The zero-order chi connectivity index (χ0) is 27.5. The van der Waals surface area contributed by atoms with E-state index in [0.717, 1.165) is 70.3 Å².